The second kappa shape index (κ2) is 10.9. The normalized spacial score (nSPS) is 12.2. The van der Waals surface area contributed by atoms with E-state index in [2.05, 4.69) is 72.4 Å². The third-order valence-electron chi connectivity index (χ3n) is 7.20. The molecule has 0 N–H and O–H groups in total. The van der Waals surface area contributed by atoms with Crippen LogP contribution in [-0.4, -0.2) is 16.6 Å². The van der Waals surface area contributed by atoms with Gasteiger partial charge in [-0.05, 0) is 31.4 Å². The zero-order valence-corrected chi connectivity index (χ0v) is 25.0. The van der Waals surface area contributed by atoms with Crippen LogP contribution in [0.15, 0.2) is 97.2 Å². The molecule has 0 fully saturated rings. The predicted molar refractivity (Wildman–Crippen MR) is 156 cm³/mol. The summed E-state index contributed by atoms with van der Waals surface area (Å²) in [4.78, 5) is 6.75. The van der Waals surface area contributed by atoms with E-state index in [0.717, 1.165) is 50.6 Å². The van der Waals surface area contributed by atoms with Crippen molar-refractivity contribution in [2.75, 3.05) is 4.81 Å². The Morgan fingerprint density at radius 2 is 1.49 bits per heavy atom. The molecule has 6 aromatic rings. The van der Waals surface area contributed by atoms with E-state index in [9.17, 15) is 0 Å². The van der Waals surface area contributed by atoms with Crippen molar-refractivity contribution in [2.45, 2.75) is 13.8 Å². The first-order valence-corrected chi connectivity index (χ1v) is 13.2. The molecular formula is C33H25BN4O2Pt-2. The first kappa shape index (κ1) is 26.9. The average molecular weight is 715 g/mol. The molecule has 0 spiro atoms. The number of fused-ring (bicyclic) bond motifs is 2. The third-order valence-corrected chi connectivity index (χ3v) is 7.20. The van der Waals surface area contributed by atoms with Gasteiger partial charge in [0.25, 0.3) is 0 Å². The van der Waals surface area contributed by atoms with E-state index >= 15 is 0 Å². The maximum absolute atomic E-state index is 6.47. The van der Waals surface area contributed by atoms with Crippen molar-refractivity contribution in [3.63, 3.8) is 0 Å². The van der Waals surface area contributed by atoms with Crippen LogP contribution >= 0.6 is 0 Å². The Hall–Kier alpha value is -4.35. The Bertz CT molecular complexity index is 1870. The molecule has 0 saturated carbocycles. The van der Waals surface area contributed by atoms with Gasteiger partial charge in [-0.2, -0.15) is 18.2 Å². The maximum Gasteiger partial charge on any atom is 0.524 e. The fraction of sp³-hybridized carbons (Fsp3) is 0.0909. The minimum Gasteiger partial charge on any atom is -0.535 e. The number of hydrogen-bond donors (Lipinski definition) is 0. The van der Waals surface area contributed by atoms with Crippen LogP contribution in [0.5, 0.6) is 17.2 Å². The van der Waals surface area contributed by atoms with Crippen molar-refractivity contribution < 1.29 is 35.0 Å². The Morgan fingerprint density at radius 3 is 2.27 bits per heavy atom. The zero-order chi connectivity index (χ0) is 27.2. The van der Waals surface area contributed by atoms with Gasteiger partial charge in [-0.1, -0.05) is 65.0 Å². The van der Waals surface area contributed by atoms with Crippen LogP contribution < -0.4 is 24.2 Å². The van der Waals surface area contributed by atoms with Crippen molar-refractivity contribution in [3.05, 3.63) is 127 Å². The topological polar surface area (TPSA) is 43.4 Å². The Labute approximate surface area is 254 Å². The van der Waals surface area contributed by atoms with Crippen molar-refractivity contribution in [3.8, 4) is 22.9 Å². The van der Waals surface area contributed by atoms with Crippen LogP contribution in [0, 0.1) is 32.3 Å². The predicted octanol–water partition coefficient (Wildman–Crippen LogP) is 5.58. The number of rotatable bonds is 5. The first-order valence-electron chi connectivity index (χ1n) is 13.2. The largest absolute Gasteiger partial charge is 0.535 e. The van der Waals surface area contributed by atoms with Crippen LogP contribution in [0.3, 0.4) is 0 Å². The van der Waals surface area contributed by atoms with Gasteiger partial charge in [0.2, 0.25) is 6.33 Å². The molecule has 204 valence electrons. The van der Waals surface area contributed by atoms with Crippen molar-refractivity contribution in [1.82, 2.24) is 9.55 Å². The smallest absolute Gasteiger partial charge is 0.524 e. The molecule has 0 atom stereocenters. The zero-order valence-electron chi connectivity index (χ0n) is 22.7. The first-order chi connectivity index (χ1) is 19.6. The third kappa shape index (κ3) is 4.81. The molecule has 0 unspecified atom stereocenters. The van der Waals surface area contributed by atoms with Gasteiger partial charge in [0, 0.05) is 38.8 Å². The maximum atomic E-state index is 6.47. The average Bonchev–Trinajstić information content (AvgIpc) is 3.51. The van der Waals surface area contributed by atoms with Crippen LogP contribution in [0.2, 0.25) is 0 Å². The molecule has 41 heavy (non-hydrogen) atoms. The summed E-state index contributed by atoms with van der Waals surface area (Å²) in [5.41, 5.74) is 7.20. The Balaban J connectivity index is 0.00000302. The number of pyridine rings is 1. The second-order valence-corrected chi connectivity index (χ2v) is 9.86. The molecule has 0 bridgehead atoms. The number of para-hydroxylation sites is 2. The SMILES string of the molecule is Cc1cccc(C)c1B1Oc2cccnc2N1c1[c-]c(Oc2[c-]c(-n3[c-][n+](C)c4ccccc43)ccc2)ccc1.[Pt]. The number of aryl methyl sites for hydroxylation is 3. The number of ether oxygens (including phenoxy) is 1. The molecule has 0 radical (unpaired) electrons. The van der Waals surface area contributed by atoms with E-state index < -0.39 is 0 Å². The van der Waals surface area contributed by atoms with Crippen LogP contribution in [-0.2, 0) is 28.1 Å². The van der Waals surface area contributed by atoms with Gasteiger partial charge >= 0.3 is 7.05 Å². The summed E-state index contributed by atoms with van der Waals surface area (Å²) in [5, 5.41) is 0. The van der Waals surface area contributed by atoms with Gasteiger partial charge in [-0.3, -0.25) is 0 Å². The molecule has 3 heterocycles. The summed E-state index contributed by atoms with van der Waals surface area (Å²) in [5.74, 6) is 2.64. The summed E-state index contributed by atoms with van der Waals surface area (Å²) in [7, 11) is 1.62. The monoisotopic (exact) mass is 715 g/mol. The van der Waals surface area contributed by atoms with Crippen LogP contribution in [0.4, 0.5) is 11.5 Å². The number of benzene rings is 4. The van der Waals surface area contributed by atoms with Crippen molar-refractivity contribution in [1.29, 1.82) is 0 Å². The second-order valence-electron chi connectivity index (χ2n) is 9.86. The van der Waals surface area contributed by atoms with E-state index in [1.807, 2.05) is 76.8 Å². The molecule has 1 aliphatic rings. The number of hydrogen-bond acceptors (Lipinski definition) is 4. The van der Waals surface area contributed by atoms with Gasteiger partial charge in [-0.25, -0.2) is 4.98 Å². The van der Waals surface area contributed by atoms with Crippen molar-refractivity contribution in [2.24, 2.45) is 7.05 Å². The molecule has 7 rings (SSSR count). The molecule has 8 heteroatoms. The molecule has 0 saturated heterocycles. The number of nitrogens with zero attached hydrogens (tertiary/aromatic N) is 4. The fourth-order valence-electron chi connectivity index (χ4n) is 5.34. The van der Waals surface area contributed by atoms with Gasteiger partial charge in [0.1, 0.15) is 5.75 Å². The molecule has 0 amide bonds. The van der Waals surface area contributed by atoms with E-state index in [4.69, 9.17) is 9.39 Å². The van der Waals surface area contributed by atoms with Crippen LogP contribution in [0.1, 0.15) is 11.1 Å². The summed E-state index contributed by atoms with van der Waals surface area (Å²) in [6.45, 7) is 4.22. The van der Waals surface area contributed by atoms with Gasteiger partial charge in [-0.15, -0.1) is 30.3 Å². The summed E-state index contributed by atoms with van der Waals surface area (Å²) in [6.07, 6.45) is 5.14. The molecule has 1 aliphatic heterocycles. The van der Waals surface area contributed by atoms with E-state index in [1.165, 1.54) is 0 Å². The van der Waals surface area contributed by atoms with Gasteiger partial charge in [0.05, 0.1) is 18.1 Å². The minimum absolute atomic E-state index is 0. The number of imidazole rings is 1. The molecule has 2 aromatic heterocycles. The fourth-order valence-corrected chi connectivity index (χ4v) is 5.34. The number of aromatic nitrogens is 3. The van der Waals surface area contributed by atoms with E-state index in [1.54, 1.807) is 6.20 Å². The molecule has 4 aromatic carbocycles. The summed E-state index contributed by atoms with van der Waals surface area (Å²) in [6, 6.07) is 36.9. The number of anilines is 2. The summed E-state index contributed by atoms with van der Waals surface area (Å²) < 4.78 is 16.7. The minimum atomic E-state index is -0.370. The Morgan fingerprint density at radius 1 is 0.805 bits per heavy atom. The molecule has 6 nitrogen and oxygen atoms in total. The summed E-state index contributed by atoms with van der Waals surface area (Å²) >= 11 is 0. The standard InChI is InChI=1S/C33H25BN4O2.Pt/c1-23-10-6-11-24(2)32(23)34-38(33-31(40-34)18-9-19-35-33)26-13-8-15-28(21-26)39-27-14-7-12-25(20-27)37-22-36(3)29-16-4-5-17-30(29)37;/h4-19H,1-3H3;/q-2;. The van der Waals surface area contributed by atoms with E-state index in [0.29, 0.717) is 11.5 Å². The molecular weight excluding hydrogens is 690 g/mol. The molecule has 0 aliphatic carbocycles. The van der Waals surface area contributed by atoms with E-state index in [-0.39, 0.29) is 28.1 Å². The van der Waals surface area contributed by atoms with Crippen molar-refractivity contribution >= 4 is 35.1 Å². The van der Waals surface area contributed by atoms with Crippen LogP contribution in [0.25, 0.3) is 16.7 Å². The van der Waals surface area contributed by atoms with Gasteiger partial charge in [0.15, 0.2) is 5.82 Å². The Kier molecular flexibility index (Phi) is 7.14. The van der Waals surface area contributed by atoms with Gasteiger partial charge < -0.3 is 23.3 Å². The quantitative estimate of drug-likeness (QED) is 0.133.